The van der Waals surface area contributed by atoms with Crippen LogP contribution in [0.15, 0.2) is 48.5 Å². The van der Waals surface area contributed by atoms with Gasteiger partial charge in [-0.2, -0.15) is 0 Å². The number of anilines is 1. The number of hydrogen-bond acceptors (Lipinski definition) is 2. The highest BCUT2D eigenvalue weighted by Crippen LogP contribution is 2.19. The third-order valence-electron chi connectivity index (χ3n) is 3.23. The fraction of sp³-hybridized carbons (Fsp3) is 0.176. The number of hydrogen-bond donors (Lipinski definition) is 1. The van der Waals surface area contributed by atoms with Crippen molar-refractivity contribution < 1.29 is 14.7 Å². The fourth-order valence-electron chi connectivity index (χ4n) is 2.14. The van der Waals surface area contributed by atoms with Gasteiger partial charge in [0, 0.05) is 11.3 Å². The van der Waals surface area contributed by atoms with E-state index in [0.717, 1.165) is 11.1 Å². The van der Waals surface area contributed by atoms with Gasteiger partial charge in [0.1, 0.15) is 6.54 Å². The first-order chi connectivity index (χ1) is 9.99. The Balaban J connectivity index is 2.43. The van der Waals surface area contributed by atoms with Crippen molar-refractivity contribution in [1.29, 1.82) is 0 Å². The Labute approximate surface area is 123 Å². The Morgan fingerprint density at radius 2 is 1.71 bits per heavy atom. The lowest BCUT2D eigenvalue weighted by Crippen LogP contribution is -2.36. The van der Waals surface area contributed by atoms with Crippen LogP contribution in [-0.4, -0.2) is 23.5 Å². The second kappa shape index (κ2) is 6.22. The number of carboxylic acid groups (broad SMARTS) is 1. The molecule has 1 amide bonds. The second-order valence-corrected chi connectivity index (χ2v) is 4.94. The Morgan fingerprint density at radius 3 is 2.33 bits per heavy atom. The summed E-state index contributed by atoms with van der Waals surface area (Å²) < 4.78 is 0. The number of carboxylic acids is 1. The standard InChI is InChI=1S/C17H17NO3/c1-12-8-9-13(2)15(10-12)17(21)18(11-16(19)20)14-6-4-3-5-7-14/h3-10H,11H2,1-2H3,(H,19,20). The third kappa shape index (κ3) is 3.48. The molecule has 4 heteroatoms. The van der Waals surface area contributed by atoms with Gasteiger partial charge in [-0.3, -0.25) is 14.5 Å². The van der Waals surface area contributed by atoms with Gasteiger partial charge in [-0.15, -0.1) is 0 Å². The van der Waals surface area contributed by atoms with Gasteiger partial charge in [-0.25, -0.2) is 0 Å². The normalized spacial score (nSPS) is 10.2. The first-order valence-corrected chi connectivity index (χ1v) is 6.65. The largest absolute Gasteiger partial charge is 0.480 e. The summed E-state index contributed by atoms with van der Waals surface area (Å²) in [5.74, 6) is -1.35. The van der Waals surface area contributed by atoms with Crippen LogP contribution in [0.3, 0.4) is 0 Å². The van der Waals surface area contributed by atoms with E-state index in [1.807, 2.05) is 32.0 Å². The van der Waals surface area contributed by atoms with E-state index in [9.17, 15) is 9.59 Å². The number of carbonyl (C=O) groups excluding carboxylic acids is 1. The zero-order valence-corrected chi connectivity index (χ0v) is 12.0. The number of rotatable bonds is 4. The van der Waals surface area contributed by atoms with Gasteiger partial charge in [-0.05, 0) is 37.6 Å². The third-order valence-corrected chi connectivity index (χ3v) is 3.23. The van der Waals surface area contributed by atoms with E-state index < -0.39 is 5.97 Å². The molecule has 0 radical (unpaired) electrons. The first-order valence-electron chi connectivity index (χ1n) is 6.65. The zero-order valence-electron chi connectivity index (χ0n) is 12.0. The van der Waals surface area contributed by atoms with E-state index in [0.29, 0.717) is 11.3 Å². The van der Waals surface area contributed by atoms with Crippen molar-refractivity contribution in [2.75, 3.05) is 11.4 Å². The van der Waals surface area contributed by atoms with Crippen LogP contribution >= 0.6 is 0 Å². The fourth-order valence-corrected chi connectivity index (χ4v) is 2.14. The average molecular weight is 283 g/mol. The van der Waals surface area contributed by atoms with E-state index in [1.54, 1.807) is 30.3 Å². The average Bonchev–Trinajstić information content (AvgIpc) is 2.47. The molecule has 2 aromatic rings. The lowest BCUT2D eigenvalue weighted by Gasteiger charge is -2.22. The molecule has 0 aromatic heterocycles. The van der Waals surface area contributed by atoms with Crippen molar-refractivity contribution in [1.82, 2.24) is 0 Å². The van der Waals surface area contributed by atoms with E-state index in [4.69, 9.17) is 5.11 Å². The van der Waals surface area contributed by atoms with Gasteiger partial charge >= 0.3 is 5.97 Å². The Kier molecular flexibility index (Phi) is 4.38. The molecule has 0 aliphatic heterocycles. The number of nitrogens with zero attached hydrogens (tertiary/aromatic N) is 1. The number of aliphatic carboxylic acids is 1. The van der Waals surface area contributed by atoms with Gasteiger partial charge in [0.2, 0.25) is 0 Å². The quantitative estimate of drug-likeness (QED) is 0.938. The van der Waals surface area contributed by atoms with Crippen molar-refractivity contribution in [2.24, 2.45) is 0 Å². The molecule has 1 N–H and O–H groups in total. The molecule has 2 aromatic carbocycles. The van der Waals surface area contributed by atoms with Crippen molar-refractivity contribution in [3.63, 3.8) is 0 Å². The van der Waals surface area contributed by atoms with E-state index in [-0.39, 0.29) is 12.5 Å². The van der Waals surface area contributed by atoms with Gasteiger partial charge < -0.3 is 5.11 Å². The molecule has 0 heterocycles. The summed E-state index contributed by atoms with van der Waals surface area (Å²) in [6.45, 7) is 3.38. The topological polar surface area (TPSA) is 57.6 Å². The Bertz CT molecular complexity index is 665. The monoisotopic (exact) mass is 283 g/mol. The maximum atomic E-state index is 12.7. The van der Waals surface area contributed by atoms with Gasteiger partial charge in [0.25, 0.3) is 5.91 Å². The van der Waals surface area contributed by atoms with Gasteiger partial charge in [-0.1, -0.05) is 35.9 Å². The van der Waals surface area contributed by atoms with Crippen molar-refractivity contribution in [2.45, 2.75) is 13.8 Å². The molecule has 0 bridgehead atoms. The molecule has 0 unspecified atom stereocenters. The molecule has 0 spiro atoms. The van der Waals surface area contributed by atoms with E-state index in [1.165, 1.54) is 4.90 Å². The highest BCUT2D eigenvalue weighted by atomic mass is 16.4. The maximum Gasteiger partial charge on any atom is 0.323 e. The second-order valence-electron chi connectivity index (χ2n) is 4.94. The summed E-state index contributed by atoms with van der Waals surface area (Å²) in [7, 11) is 0. The summed E-state index contributed by atoms with van der Waals surface area (Å²) in [4.78, 5) is 25.1. The molecule has 2 rings (SSSR count). The lowest BCUT2D eigenvalue weighted by atomic mass is 10.0. The molecule has 4 nitrogen and oxygen atoms in total. The number of para-hydroxylation sites is 1. The summed E-state index contributed by atoms with van der Waals surface area (Å²) >= 11 is 0. The number of benzene rings is 2. The minimum absolute atomic E-state index is 0.301. The van der Waals surface area contributed by atoms with Gasteiger partial charge in [0.15, 0.2) is 0 Å². The Morgan fingerprint density at radius 1 is 1.05 bits per heavy atom. The van der Waals surface area contributed by atoms with Crippen molar-refractivity contribution in [3.05, 3.63) is 65.2 Å². The SMILES string of the molecule is Cc1ccc(C)c(C(=O)N(CC(=O)O)c2ccccc2)c1. The van der Waals surface area contributed by atoms with Gasteiger partial charge in [0.05, 0.1) is 0 Å². The van der Waals surface area contributed by atoms with Crippen LogP contribution in [0.2, 0.25) is 0 Å². The van der Waals surface area contributed by atoms with Crippen LogP contribution in [0.25, 0.3) is 0 Å². The van der Waals surface area contributed by atoms with Crippen LogP contribution in [0.5, 0.6) is 0 Å². The van der Waals surface area contributed by atoms with Crippen LogP contribution in [-0.2, 0) is 4.79 Å². The van der Waals surface area contributed by atoms with E-state index >= 15 is 0 Å². The van der Waals surface area contributed by atoms with Crippen molar-refractivity contribution in [3.8, 4) is 0 Å². The van der Waals surface area contributed by atoms with E-state index in [2.05, 4.69) is 0 Å². The van der Waals surface area contributed by atoms with Crippen LogP contribution in [0.1, 0.15) is 21.5 Å². The summed E-state index contributed by atoms with van der Waals surface area (Å²) in [5, 5.41) is 9.07. The molecular weight excluding hydrogens is 266 g/mol. The minimum atomic E-state index is -1.04. The molecule has 0 saturated heterocycles. The van der Waals surface area contributed by atoms with Crippen molar-refractivity contribution >= 4 is 17.6 Å². The molecular formula is C17H17NO3. The molecule has 21 heavy (non-hydrogen) atoms. The zero-order chi connectivity index (χ0) is 15.4. The molecule has 0 fully saturated rings. The number of amides is 1. The molecule has 0 atom stereocenters. The predicted octanol–water partition coefficient (Wildman–Crippen LogP) is 3.03. The molecule has 0 aliphatic rings. The van der Waals surface area contributed by atoms with Crippen LogP contribution in [0, 0.1) is 13.8 Å². The summed E-state index contributed by atoms with van der Waals surface area (Å²) in [5.41, 5.74) is 2.90. The summed E-state index contributed by atoms with van der Waals surface area (Å²) in [6, 6.07) is 14.4. The van der Waals surface area contributed by atoms with Crippen LogP contribution < -0.4 is 4.90 Å². The lowest BCUT2D eigenvalue weighted by molar-refractivity contribution is -0.135. The highest BCUT2D eigenvalue weighted by Gasteiger charge is 2.21. The first kappa shape index (κ1) is 14.8. The predicted molar refractivity (Wildman–Crippen MR) is 81.7 cm³/mol. The molecule has 0 saturated carbocycles. The maximum absolute atomic E-state index is 12.7. The highest BCUT2D eigenvalue weighted by molar-refractivity contribution is 6.09. The minimum Gasteiger partial charge on any atom is -0.480 e. The van der Waals surface area contributed by atoms with Crippen LogP contribution in [0.4, 0.5) is 5.69 Å². The number of aryl methyl sites for hydroxylation is 2. The summed E-state index contributed by atoms with van der Waals surface area (Å²) in [6.07, 6.45) is 0. The smallest absolute Gasteiger partial charge is 0.323 e. The molecule has 0 aliphatic carbocycles. The Hall–Kier alpha value is -2.62. The number of carbonyl (C=O) groups is 2. The molecule has 108 valence electrons.